The molecule has 0 saturated heterocycles. The van der Waals surface area contributed by atoms with E-state index in [9.17, 15) is 4.79 Å². The number of rotatable bonds is 3. The van der Waals surface area contributed by atoms with Crippen LogP contribution in [0.5, 0.6) is 0 Å². The van der Waals surface area contributed by atoms with Crippen molar-refractivity contribution in [2.24, 2.45) is 0 Å². The smallest absolute Gasteiger partial charge is 0.251 e. The van der Waals surface area contributed by atoms with Crippen LogP contribution in [0.2, 0.25) is 0 Å². The zero-order valence-corrected chi connectivity index (χ0v) is 11.5. The van der Waals surface area contributed by atoms with E-state index in [2.05, 4.69) is 43.2 Å². The van der Waals surface area contributed by atoms with Crippen LogP contribution in [0.15, 0.2) is 36.7 Å². The number of carbonyl (C=O) groups is 1. The van der Waals surface area contributed by atoms with Gasteiger partial charge in [0.05, 0.1) is 0 Å². The van der Waals surface area contributed by atoms with E-state index in [1.807, 2.05) is 0 Å². The van der Waals surface area contributed by atoms with E-state index in [0.717, 1.165) is 5.56 Å². The molecule has 0 bridgehead atoms. The lowest BCUT2D eigenvalue weighted by atomic mass is 10.0. The Morgan fingerprint density at radius 3 is 2.37 bits per heavy atom. The van der Waals surface area contributed by atoms with Gasteiger partial charge in [0.25, 0.3) is 5.91 Å². The summed E-state index contributed by atoms with van der Waals surface area (Å²) >= 11 is 0. The van der Waals surface area contributed by atoms with Crippen LogP contribution in [0.3, 0.4) is 0 Å². The maximum absolute atomic E-state index is 11.9. The second kappa shape index (κ2) is 5.65. The number of pyridine rings is 1. The molecular formula is C16H18N2O. The maximum Gasteiger partial charge on any atom is 0.251 e. The zero-order valence-electron chi connectivity index (χ0n) is 11.5. The molecule has 19 heavy (non-hydrogen) atoms. The Hall–Kier alpha value is -2.16. The number of benzene rings is 1. The molecule has 1 amide bonds. The first-order chi connectivity index (χ1) is 9.08. The Kier molecular flexibility index (Phi) is 3.95. The highest BCUT2D eigenvalue weighted by atomic mass is 16.1. The van der Waals surface area contributed by atoms with Gasteiger partial charge in [0.2, 0.25) is 0 Å². The topological polar surface area (TPSA) is 42.0 Å². The molecule has 1 N–H and O–H groups in total. The van der Waals surface area contributed by atoms with Crippen LogP contribution in [0, 0.1) is 20.8 Å². The number of hydrogen-bond acceptors (Lipinski definition) is 2. The highest BCUT2D eigenvalue weighted by Gasteiger charge is 2.06. The predicted octanol–water partition coefficient (Wildman–Crippen LogP) is 2.94. The molecule has 0 atom stereocenters. The minimum atomic E-state index is -0.0694. The first-order valence-electron chi connectivity index (χ1n) is 6.33. The zero-order chi connectivity index (χ0) is 13.8. The molecule has 3 nitrogen and oxygen atoms in total. The summed E-state index contributed by atoms with van der Waals surface area (Å²) in [5.74, 6) is -0.0694. The number of nitrogens with zero attached hydrogens (tertiary/aromatic N) is 1. The first kappa shape index (κ1) is 13.3. The van der Waals surface area contributed by atoms with E-state index >= 15 is 0 Å². The van der Waals surface area contributed by atoms with Crippen molar-refractivity contribution in [1.82, 2.24) is 10.3 Å². The van der Waals surface area contributed by atoms with Crippen LogP contribution in [-0.4, -0.2) is 10.9 Å². The number of aromatic nitrogens is 1. The van der Waals surface area contributed by atoms with Crippen LogP contribution in [0.25, 0.3) is 0 Å². The fraction of sp³-hybridized carbons (Fsp3) is 0.250. The van der Waals surface area contributed by atoms with E-state index < -0.39 is 0 Å². The van der Waals surface area contributed by atoms with Gasteiger partial charge in [-0.25, -0.2) is 0 Å². The maximum atomic E-state index is 11.9. The van der Waals surface area contributed by atoms with Gasteiger partial charge in [-0.3, -0.25) is 9.78 Å². The van der Waals surface area contributed by atoms with Gasteiger partial charge < -0.3 is 5.32 Å². The van der Waals surface area contributed by atoms with Crippen molar-refractivity contribution in [3.63, 3.8) is 0 Å². The van der Waals surface area contributed by atoms with Crippen molar-refractivity contribution >= 4 is 5.91 Å². The van der Waals surface area contributed by atoms with Gasteiger partial charge in [-0.1, -0.05) is 12.1 Å². The highest BCUT2D eigenvalue weighted by Crippen LogP contribution is 2.15. The lowest BCUT2D eigenvalue weighted by Gasteiger charge is -2.11. The van der Waals surface area contributed by atoms with Gasteiger partial charge in [-0.15, -0.1) is 0 Å². The van der Waals surface area contributed by atoms with Crippen LogP contribution >= 0.6 is 0 Å². The molecule has 2 aromatic rings. The lowest BCUT2D eigenvalue weighted by Crippen LogP contribution is -2.23. The summed E-state index contributed by atoms with van der Waals surface area (Å²) in [7, 11) is 0. The monoisotopic (exact) mass is 254 g/mol. The first-order valence-corrected chi connectivity index (χ1v) is 6.33. The highest BCUT2D eigenvalue weighted by molar-refractivity contribution is 5.93. The summed E-state index contributed by atoms with van der Waals surface area (Å²) in [6.07, 6.45) is 3.24. The van der Waals surface area contributed by atoms with Crippen LogP contribution in [0.4, 0.5) is 0 Å². The number of hydrogen-bond donors (Lipinski definition) is 1. The van der Waals surface area contributed by atoms with E-state index in [0.29, 0.717) is 12.1 Å². The van der Waals surface area contributed by atoms with E-state index in [-0.39, 0.29) is 5.91 Å². The molecule has 98 valence electrons. The lowest BCUT2D eigenvalue weighted by molar-refractivity contribution is 0.0951. The molecule has 0 saturated carbocycles. The summed E-state index contributed by atoms with van der Waals surface area (Å²) in [5.41, 5.74) is 5.53. The molecule has 0 spiro atoms. The van der Waals surface area contributed by atoms with Crippen LogP contribution in [-0.2, 0) is 6.54 Å². The van der Waals surface area contributed by atoms with Gasteiger partial charge in [-0.05, 0) is 55.2 Å². The summed E-state index contributed by atoms with van der Waals surface area (Å²) in [5, 5.41) is 2.94. The third-order valence-electron chi connectivity index (χ3n) is 3.33. The van der Waals surface area contributed by atoms with Crippen molar-refractivity contribution in [2.75, 3.05) is 0 Å². The Morgan fingerprint density at radius 2 is 1.68 bits per heavy atom. The van der Waals surface area contributed by atoms with E-state index in [4.69, 9.17) is 0 Å². The quantitative estimate of drug-likeness (QED) is 0.915. The average molecular weight is 254 g/mol. The molecule has 1 heterocycles. The normalized spacial score (nSPS) is 10.3. The molecule has 2 rings (SSSR count). The summed E-state index contributed by atoms with van der Waals surface area (Å²) < 4.78 is 0. The van der Waals surface area contributed by atoms with Crippen molar-refractivity contribution in [2.45, 2.75) is 27.3 Å². The second-order valence-corrected chi connectivity index (χ2v) is 4.78. The molecule has 0 aliphatic carbocycles. The Bertz CT molecular complexity index is 591. The fourth-order valence-corrected chi connectivity index (χ4v) is 1.99. The fourth-order valence-electron chi connectivity index (χ4n) is 1.99. The van der Waals surface area contributed by atoms with Gasteiger partial charge in [0, 0.05) is 24.5 Å². The second-order valence-electron chi connectivity index (χ2n) is 4.78. The van der Waals surface area contributed by atoms with Gasteiger partial charge in [0.1, 0.15) is 0 Å². The largest absolute Gasteiger partial charge is 0.348 e. The Balaban J connectivity index is 2.07. The molecule has 0 radical (unpaired) electrons. The number of nitrogens with one attached hydrogen (secondary N) is 1. The van der Waals surface area contributed by atoms with Gasteiger partial charge in [0.15, 0.2) is 0 Å². The minimum Gasteiger partial charge on any atom is -0.348 e. The Morgan fingerprint density at radius 1 is 1.05 bits per heavy atom. The third-order valence-corrected chi connectivity index (χ3v) is 3.33. The molecule has 0 aliphatic rings. The molecular weight excluding hydrogens is 236 g/mol. The minimum absolute atomic E-state index is 0.0694. The van der Waals surface area contributed by atoms with Crippen molar-refractivity contribution < 1.29 is 4.79 Å². The number of aryl methyl sites for hydroxylation is 3. The van der Waals surface area contributed by atoms with E-state index in [1.165, 1.54) is 16.7 Å². The molecule has 1 aromatic carbocycles. The number of carbonyl (C=O) groups excluding carboxylic acids is 1. The van der Waals surface area contributed by atoms with Gasteiger partial charge >= 0.3 is 0 Å². The SMILES string of the molecule is Cc1cc(C)c(CNC(=O)c2ccncc2)cc1C. The van der Waals surface area contributed by atoms with Crippen molar-refractivity contribution in [1.29, 1.82) is 0 Å². The molecule has 0 aliphatic heterocycles. The van der Waals surface area contributed by atoms with E-state index in [1.54, 1.807) is 24.5 Å². The predicted molar refractivity (Wildman–Crippen MR) is 76.1 cm³/mol. The average Bonchev–Trinajstić information content (AvgIpc) is 2.42. The molecule has 0 unspecified atom stereocenters. The van der Waals surface area contributed by atoms with Crippen LogP contribution in [0.1, 0.15) is 32.6 Å². The summed E-state index contributed by atoms with van der Waals surface area (Å²) in [6.45, 7) is 6.80. The van der Waals surface area contributed by atoms with Crippen molar-refractivity contribution in [3.8, 4) is 0 Å². The summed E-state index contributed by atoms with van der Waals surface area (Å²) in [4.78, 5) is 15.8. The Labute approximate surface area is 113 Å². The molecule has 0 fully saturated rings. The molecule has 1 aromatic heterocycles. The van der Waals surface area contributed by atoms with Crippen molar-refractivity contribution in [3.05, 3.63) is 64.5 Å². The summed E-state index contributed by atoms with van der Waals surface area (Å²) in [6, 6.07) is 7.71. The van der Waals surface area contributed by atoms with Crippen LogP contribution < -0.4 is 5.32 Å². The third kappa shape index (κ3) is 3.19. The number of amides is 1. The van der Waals surface area contributed by atoms with Gasteiger partial charge in [-0.2, -0.15) is 0 Å². The molecule has 3 heteroatoms. The standard InChI is InChI=1S/C16H18N2O/c1-11-8-13(3)15(9-12(11)2)10-18-16(19)14-4-6-17-7-5-14/h4-9H,10H2,1-3H3,(H,18,19).